The maximum absolute atomic E-state index is 12.7. The van der Waals surface area contributed by atoms with Crippen LogP contribution in [-0.2, 0) is 4.79 Å². The van der Waals surface area contributed by atoms with Gasteiger partial charge in [-0.15, -0.1) is 11.3 Å². The molecule has 1 saturated heterocycles. The number of carbonyl (C=O) groups excluding carboxylic acids is 1. The predicted molar refractivity (Wildman–Crippen MR) is 105 cm³/mol. The summed E-state index contributed by atoms with van der Waals surface area (Å²) in [5, 5.41) is 7.44. The van der Waals surface area contributed by atoms with Gasteiger partial charge in [0, 0.05) is 30.4 Å². The normalized spacial score (nSPS) is 17.0. The van der Waals surface area contributed by atoms with E-state index in [9.17, 15) is 4.79 Å². The van der Waals surface area contributed by atoms with Crippen molar-refractivity contribution in [2.75, 3.05) is 23.3 Å². The molecule has 0 spiro atoms. The van der Waals surface area contributed by atoms with E-state index in [0.717, 1.165) is 30.1 Å². The minimum Gasteiger partial charge on any atom is -0.355 e. The van der Waals surface area contributed by atoms with Crippen LogP contribution in [0.3, 0.4) is 0 Å². The van der Waals surface area contributed by atoms with Crippen molar-refractivity contribution in [2.24, 2.45) is 5.92 Å². The molecule has 0 saturated carbocycles. The summed E-state index contributed by atoms with van der Waals surface area (Å²) < 4.78 is 5.32. The largest absolute Gasteiger partial charge is 0.355 e. The fourth-order valence-corrected chi connectivity index (χ4v) is 3.93. The number of thiazole rings is 1. The zero-order valence-electron chi connectivity index (χ0n) is 16.0. The molecule has 1 atom stereocenters. The summed E-state index contributed by atoms with van der Waals surface area (Å²) in [5.41, 5.74) is 0.683. The number of piperidine rings is 1. The van der Waals surface area contributed by atoms with Gasteiger partial charge in [0.15, 0.2) is 11.0 Å². The minimum atomic E-state index is -0.148. The smallest absolute Gasteiger partial charge is 0.263 e. The van der Waals surface area contributed by atoms with Gasteiger partial charge in [0.25, 0.3) is 5.89 Å². The number of aromatic nitrogens is 5. The van der Waals surface area contributed by atoms with Gasteiger partial charge in [-0.3, -0.25) is 4.79 Å². The van der Waals surface area contributed by atoms with Gasteiger partial charge in [-0.25, -0.2) is 15.0 Å². The number of amides is 1. The van der Waals surface area contributed by atoms with E-state index < -0.39 is 0 Å². The number of nitrogens with zero attached hydrogens (tertiary/aromatic N) is 6. The molecule has 4 heterocycles. The predicted octanol–water partition coefficient (Wildman–Crippen LogP) is 2.76. The molecule has 1 N–H and O–H groups in total. The van der Waals surface area contributed by atoms with Gasteiger partial charge < -0.3 is 14.7 Å². The van der Waals surface area contributed by atoms with Crippen LogP contribution < -0.4 is 10.2 Å². The number of nitrogens with one attached hydrogen (secondary N) is 1. The summed E-state index contributed by atoms with van der Waals surface area (Å²) in [7, 11) is 0. The second kappa shape index (κ2) is 7.63. The summed E-state index contributed by atoms with van der Waals surface area (Å²) in [4.78, 5) is 33.3. The van der Waals surface area contributed by atoms with E-state index in [2.05, 4.69) is 35.3 Å². The number of anilines is 2. The van der Waals surface area contributed by atoms with Gasteiger partial charge in [0.1, 0.15) is 17.2 Å². The number of rotatable bonds is 4. The highest BCUT2D eigenvalue weighted by Gasteiger charge is 2.29. The lowest BCUT2D eigenvalue weighted by atomic mass is 9.97. The third kappa shape index (κ3) is 3.86. The van der Waals surface area contributed by atoms with Crippen molar-refractivity contribution in [1.29, 1.82) is 0 Å². The van der Waals surface area contributed by atoms with Gasteiger partial charge in [-0.1, -0.05) is 5.16 Å². The van der Waals surface area contributed by atoms with Gasteiger partial charge >= 0.3 is 0 Å². The maximum atomic E-state index is 12.7. The Hall–Kier alpha value is -2.88. The van der Waals surface area contributed by atoms with Crippen molar-refractivity contribution in [1.82, 2.24) is 25.1 Å². The Balaban J connectivity index is 1.56. The van der Waals surface area contributed by atoms with E-state index in [0.29, 0.717) is 34.8 Å². The molecule has 0 aromatic carbocycles. The molecule has 146 valence electrons. The zero-order valence-corrected chi connectivity index (χ0v) is 16.8. The van der Waals surface area contributed by atoms with Gasteiger partial charge in [-0.05, 0) is 33.6 Å². The molecule has 1 amide bonds. The molecule has 0 radical (unpaired) electrons. The molecule has 28 heavy (non-hydrogen) atoms. The second-order valence-electron chi connectivity index (χ2n) is 6.85. The van der Waals surface area contributed by atoms with Gasteiger partial charge in [0.05, 0.1) is 5.92 Å². The quantitative estimate of drug-likeness (QED) is 0.713. The van der Waals surface area contributed by atoms with Crippen molar-refractivity contribution in [3.8, 4) is 11.5 Å². The monoisotopic (exact) mass is 399 g/mol. The first-order valence-electron chi connectivity index (χ1n) is 9.12. The molecule has 1 aliphatic rings. The SMILES string of the molecule is Cc1noc(-c2cnc(C)nc2N2CCCC(C(=O)Nc3ncc(C)s3)C2)n1. The summed E-state index contributed by atoms with van der Waals surface area (Å²) in [6, 6.07) is 0. The van der Waals surface area contributed by atoms with E-state index >= 15 is 0 Å². The second-order valence-corrected chi connectivity index (χ2v) is 8.09. The Bertz CT molecular complexity index is 999. The van der Waals surface area contributed by atoms with Crippen LogP contribution in [0.15, 0.2) is 16.9 Å². The maximum Gasteiger partial charge on any atom is 0.263 e. The first-order valence-corrected chi connectivity index (χ1v) is 9.94. The third-order valence-corrected chi connectivity index (χ3v) is 5.42. The molecule has 9 nitrogen and oxygen atoms in total. The van der Waals surface area contributed by atoms with E-state index in [4.69, 9.17) is 4.52 Å². The Kier molecular flexibility index (Phi) is 5.03. The Morgan fingerprint density at radius 3 is 2.79 bits per heavy atom. The Labute approximate surface area is 166 Å². The van der Waals surface area contributed by atoms with Crippen LogP contribution in [0, 0.1) is 26.7 Å². The molecule has 0 aliphatic carbocycles. The van der Waals surface area contributed by atoms with Crippen LogP contribution in [0.5, 0.6) is 0 Å². The average molecular weight is 399 g/mol. The Morgan fingerprint density at radius 1 is 1.21 bits per heavy atom. The average Bonchev–Trinajstić information content (AvgIpc) is 3.30. The molecule has 10 heteroatoms. The Morgan fingerprint density at radius 2 is 2.07 bits per heavy atom. The molecular formula is C18H21N7O2S. The molecule has 1 unspecified atom stereocenters. The first-order chi connectivity index (χ1) is 13.5. The van der Waals surface area contributed by atoms with Crippen LogP contribution >= 0.6 is 11.3 Å². The molecule has 3 aromatic heterocycles. The van der Waals surface area contributed by atoms with Gasteiger partial charge in [-0.2, -0.15) is 4.98 Å². The molecular weight excluding hydrogens is 378 g/mol. The third-order valence-electron chi connectivity index (χ3n) is 4.59. The van der Waals surface area contributed by atoms with Crippen LogP contribution in [0.1, 0.15) is 29.4 Å². The molecule has 4 rings (SSSR count). The van der Waals surface area contributed by atoms with E-state index in [-0.39, 0.29) is 11.8 Å². The highest BCUT2D eigenvalue weighted by atomic mass is 32.1. The minimum absolute atomic E-state index is 0.0139. The standard InChI is InChI=1S/C18H21N7O2S/c1-10-7-20-18(28-10)23-16(26)13-5-4-6-25(9-13)15-14(8-19-11(2)21-15)17-22-12(3)24-27-17/h7-8,13H,4-6,9H2,1-3H3,(H,20,23,26). The van der Waals surface area contributed by atoms with Crippen molar-refractivity contribution in [3.63, 3.8) is 0 Å². The lowest BCUT2D eigenvalue weighted by molar-refractivity contribution is -0.120. The van der Waals surface area contributed by atoms with Crippen LogP contribution in [0.25, 0.3) is 11.5 Å². The zero-order chi connectivity index (χ0) is 19.7. The molecule has 3 aromatic rings. The number of hydrogen-bond donors (Lipinski definition) is 1. The molecule has 0 bridgehead atoms. The lowest BCUT2D eigenvalue weighted by Crippen LogP contribution is -2.41. The van der Waals surface area contributed by atoms with Crippen LogP contribution in [-0.4, -0.2) is 44.1 Å². The van der Waals surface area contributed by atoms with Crippen molar-refractivity contribution < 1.29 is 9.32 Å². The summed E-state index contributed by atoms with van der Waals surface area (Å²) in [5.74, 6) is 2.15. The fourth-order valence-electron chi connectivity index (χ4n) is 3.26. The summed E-state index contributed by atoms with van der Waals surface area (Å²) in [6.45, 7) is 6.94. The van der Waals surface area contributed by atoms with Crippen molar-refractivity contribution >= 4 is 28.2 Å². The summed E-state index contributed by atoms with van der Waals surface area (Å²) >= 11 is 1.48. The van der Waals surface area contributed by atoms with Crippen molar-refractivity contribution in [2.45, 2.75) is 33.6 Å². The van der Waals surface area contributed by atoms with E-state index in [1.165, 1.54) is 11.3 Å². The van der Waals surface area contributed by atoms with Crippen LogP contribution in [0.2, 0.25) is 0 Å². The van der Waals surface area contributed by atoms with Crippen molar-refractivity contribution in [3.05, 3.63) is 28.9 Å². The molecule has 1 fully saturated rings. The topological polar surface area (TPSA) is 110 Å². The van der Waals surface area contributed by atoms with Crippen LogP contribution in [0.4, 0.5) is 10.9 Å². The lowest BCUT2D eigenvalue weighted by Gasteiger charge is -2.33. The highest BCUT2D eigenvalue weighted by Crippen LogP contribution is 2.31. The number of carbonyl (C=O) groups is 1. The first kappa shape index (κ1) is 18.5. The fraction of sp³-hybridized carbons (Fsp3) is 0.444. The van der Waals surface area contributed by atoms with E-state index in [1.54, 1.807) is 19.3 Å². The number of aryl methyl sites for hydroxylation is 3. The van der Waals surface area contributed by atoms with E-state index in [1.807, 2.05) is 13.8 Å². The van der Waals surface area contributed by atoms with Gasteiger partial charge in [0.2, 0.25) is 5.91 Å². The number of hydrogen-bond acceptors (Lipinski definition) is 9. The summed E-state index contributed by atoms with van der Waals surface area (Å²) in [6.07, 6.45) is 5.18. The molecule has 1 aliphatic heterocycles. The highest BCUT2D eigenvalue weighted by molar-refractivity contribution is 7.15.